The summed E-state index contributed by atoms with van der Waals surface area (Å²) < 4.78 is 5.70. The fraction of sp³-hybridized carbons (Fsp3) is 0.538. The first-order chi connectivity index (χ1) is 7.09. The van der Waals surface area contributed by atoms with Gasteiger partial charge in [0.2, 0.25) is 0 Å². The Labute approximate surface area is 91.4 Å². The summed E-state index contributed by atoms with van der Waals surface area (Å²) >= 11 is 0. The molecule has 0 bridgehead atoms. The maximum absolute atomic E-state index is 5.97. The van der Waals surface area contributed by atoms with Gasteiger partial charge in [-0.1, -0.05) is 26.0 Å². The highest BCUT2D eigenvalue weighted by Gasteiger charge is 2.39. The summed E-state index contributed by atoms with van der Waals surface area (Å²) in [6, 6.07) is 8.28. The van der Waals surface area contributed by atoms with Crippen LogP contribution in [0.5, 0.6) is 5.75 Å². The van der Waals surface area contributed by atoms with Gasteiger partial charge in [-0.25, -0.2) is 0 Å². The summed E-state index contributed by atoms with van der Waals surface area (Å²) in [4.78, 5) is 0. The van der Waals surface area contributed by atoms with Crippen molar-refractivity contribution in [2.24, 2.45) is 5.73 Å². The van der Waals surface area contributed by atoms with Crippen molar-refractivity contribution >= 4 is 0 Å². The van der Waals surface area contributed by atoms with Gasteiger partial charge >= 0.3 is 0 Å². The van der Waals surface area contributed by atoms with Crippen molar-refractivity contribution in [3.63, 3.8) is 0 Å². The molecule has 0 heterocycles. The van der Waals surface area contributed by atoms with Crippen molar-refractivity contribution in [2.45, 2.75) is 38.1 Å². The van der Waals surface area contributed by atoms with Crippen molar-refractivity contribution in [1.82, 2.24) is 0 Å². The van der Waals surface area contributed by atoms with Crippen LogP contribution in [-0.2, 0) is 0 Å². The van der Waals surface area contributed by atoms with Crippen molar-refractivity contribution < 1.29 is 4.74 Å². The Kier molecular flexibility index (Phi) is 2.70. The third-order valence-corrected chi connectivity index (χ3v) is 2.94. The molecule has 1 fully saturated rings. The minimum Gasteiger partial charge on any atom is -0.492 e. The molecular formula is C13H19NO. The van der Waals surface area contributed by atoms with Gasteiger partial charge in [0.1, 0.15) is 12.4 Å². The largest absolute Gasteiger partial charge is 0.492 e. The Morgan fingerprint density at radius 1 is 1.40 bits per heavy atom. The molecule has 1 aromatic carbocycles. The fourth-order valence-electron chi connectivity index (χ4n) is 1.50. The zero-order valence-electron chi connectivity index (χ0n) is 9.49. The molecule has 2 nitrogen and oxygen atoms in total. The molecule has 0 radical (unpaired) electrons. The van der Waals surface area contributed by atoms with E-state index < -0.39 is 0 Å². The predicted octanol–water partition coefficient (Wildman–Crippen LogP) is 2.68. The van der Waals surface area contributed by atoms with Crippen LogP contribution in [0, 0.1) is 0 Å². The van der Waals surface area contributed by atoms with Crippen LogP contribution in [0.3, 0.4) is 0 Å². The van der Waals surface area contributed by atoms with Gasteiger partial charge in [0.05, 0.1) is 5.54 Å². The Bertz CT molecular complexity index is 342. The molecule has 0 amide bonds. The Morgan fingerprint density at radius 2 is 2.13 bits per heavy atom. The zero-order chi connectivity index (χ0) is 10.9. The minimum atomic E-state index is -0.0339. The Morgan fingerprint density at radius 3 is 2.73 bits per heavy atom. The Balaban J connectivity index is 1.98. The Hall–Kier alpha value is -1.02. The highest BCUT2D eigenvalue weighted by Crippen LogP contribution is 2.32. The van der Waals surface area contributed by atoms with Gasteiger partial charge in [-0.3, -0.25) is 0 Å². The number of rotatable bonds is 4. The molecular weight excluding hydrogens is 186 g/mol. The van der Waals surface area contributed by atoms with E-state index in [1.165, 1.54) is 5.56 Å². The molecule has 82 valence electrons. The molecule has 1 saturated carbocycles. The molecule has 15 heavy (non-hydrogen) atoms. The first kappa shape index (κ1) is 10.5. The first-order valence-electron chi connectivity index (χ1n) is 5.61. The summed E-state index contributed by atoms with van der Waals surface area (Å²) in [7, 11) is 0. The third-order valence-electron chi connectivity index (χ3n) is 2.94. The van der Waals surface area contributed by atoms with E-state index in [-0.39, 0.29) is 5.54 Å². The van der Waals surface area contributed by atoms with Crippen LogP contribution < -0.4 is 10.5 Å². The molecule has 2 rings (SSSR count). The lowest BCUT2D eigenvalue weighted by Crippen LogP contribution is -2.29. The zero-order valence-corrected chi connectivity index (χ0v) is 9.49. The maximum Gasteiger partial charge on any atom is 0.119 e. The van der Waals surface area contributed by atoms with Gasteiger partial charge < -0.3 is 10.5 Å². The smallest absolute Gasteiger partial charge is 0.119 e. The average molecular weight is 205 g/mol. The van der Waals surface area contributed by atoms with E-state index in [4.69, 9.17) is 10.5 Å². The summed E-state index contributed by atoms with van der Waals surface area (Å²) in [5, 5.41) is 0. The highest BCUT2D eigenvalue weighted by atomic mass is 16.5. The van der Waals surface area contributed by atoms with Crippen molar-refractivity contribution in [1.29, 1.82) is 0 Å². The lowest BCUT2D eigenvalue weighted by atomic mass is 10.0. The van der Waals surface area contributed by atoms with E-state index in [1.807, 2.05) is 12.1 Å². The normalized spacial score (nSPS) is 17.9. The van der Waals surface area contributed by atoms with Crippen LogP contribution in [0.4, 0.5) is 0 Å². The topological polar surface area (TPSA) is 35.2 Å². The van der Waals surface area contributed by atoms with E-state index >= 15 is 0 Å². The van der Waals surface area contributed by atoms with Crippen LogP contribution in [0.25, 0.3) is 0 Å². The van der Waals surface area contributed by atoms with Gasteiger partial charge in [0.15, 0.2) is 0 Å². The van der Waals surface area contributed by atoms with E-state index in [1.54, 1.807) is 0 Å². The maximum atomic E-state index is 5.97. The molecule has 2 heteroatoms. The van der Waals surface area contributed by atoms with Crippen LogP contribution in [0.15, 0.2) is 24.3 Å². The summed E-state index contributed by atoms with van der Waals surface area (Å²) in [5.74, 6) is 1.49. The first-order valence-corrected chi connectivity index (χ1v) is 5.61. The average Bonchev–Trinajstić information content (AvgIpc) is 2.95. The SMILES string of the molecule is CC(C)c1cccc(OCC2(N)CC2)c1. The molecule has 0 unspecified atom stereocenters. The van der Waals surface area contributed by atoms with Gasteiger partial charge in [-0.2, -0.15) is 0 Å². The molecule has 0 aromatic heterocycles. The van der Waals surface area contributed by atoms with Crippen molar-refractivity contribution in [2.75, 3.05) is 6.61 Å². The van der Waals surface area contributed by atoms with Gasteiger partial charge in [0.25, 0.3) is 0 Å². The summed E-state index contributed by atoms with van der Waals surface area (Å²) in [6.45, 7) is 5.02. The number of ether oxygens (including phenoxy) is 1. The van der Waals surface area contributed by atoms with Gasteiger partial charge in [-0.05, 0) is 36.5 Å². The molecule has 1 aromatic rings. The third kappa shape index (κ3) is 2.72. The van der Waals surface area contributed by atoms with Crippen LogP contribution in [0.2, 0.25) is 0 Å². The molecule has 0 atom stereocenters. The van der Waals surface area contributed by atoms with E-state index in [2.05, 4.69) is 26.0 Å². The lowest BCUT2D eigenvalue weighted by Gasteiger charge is -2.13. The second kappa shape index (κ2) is 3.86. The quantitative estimate of drug-likeness (QED) is 0.820. The fourth-order valence-corrected chi connectivity index (χ4v) is 1.50. The van der Waals surface area contributed by atoms with Gasteiger partial charge in [-0.15, -0.1) is 0 Å². The minimum absolute atomic E-state index is 0.0339. The number of hydrogen-bond acceptors (Lipinski definition) is 2. The summed E-state index contributed by atoms with van der Waals surface area (Å²) in [6.07, 6.45) is 2.19. The highest BCUT2D eigenvalue weighted by molar-refractivity contribution is 5.30. The molecule has 1 aliphatic rings. The molecule has 0 spiro atoms. The number of hydrogen-bond donors (Lipinski definition) is 1. The van der Waals surface area contributed by atoms with Crippen LogP contribution in [0.1, 0.15) is 38.2 Å². The number of nitrogens with two attached hydrogens (primary N) is 1. The van der Waals surface area contributed by atoms with E-state index in [0.717, 1.165) is 18.6 Å². The van der Waals surface area contributed by atoms with Crippen molar-refractivity contribution in [3.05, 3.63) is 29.8 Å². The molecule has 1 aliphatic carbocycles. The monoisotopic (exact) mass is 205 g/mol. The standard InChI is InChI=1S/C13H19NO/c1-10(2)11-4-3-5-12(8-11)15-9-13(14)6-7-13/h3-5,8,10H,6-7,9,14H2,1-2H3. The van der Waals surface area contributed by atoms with E-state index in [0.29, 0.717) is 12.5 Å². The predicted molar refractivity (Wildman–Crippen MR) is 62.2 cm³/mol. The molecule has 2 N–H and O–H groups in total. The second-order valence-electron chi connectivity index (χ2n) is 4.88. The van der Waals surface area contributed by atoms with Crippen LogP contribution in [-0.4, -0.2) is 12.1 Å². The molecule has 0 saturated heterocycles. The van der Waals surface area contributed by atoms with Crippen molar-refractivity contribution in [3.8, 4) is 5.75 Å². The number of benzene rings is 1. The van der Waals surface area contributed by atoms with Gasteiger partial charge in [0, 0.05) is 0 Å². The lowest BCUT2D eigenvalue weighted by molar-refractivity contribution is 0.279. The van der Waals surface area contributed by atoms with Crippen LogP contribution >= 0.6 is 0 Å². The summed E-state index contributed by atoms with van der Waals surface area (Å²) in [5.41, 5.74) is 7.25. The van der Waals surface area contributed by atoms with E-state index in [9.17, 15) is 0 Å². The second-order valence-corrected chi connectivity index (χ2v) is 4.88. The molecule has 0 aliphatic heterocycles.